The molecule has 0 N–H and O–H groups in total. The average molecular weight is 354 g/mol. The summed E-state index contributed by atoms with van der Waals surface area (Å²) in [6.07, 6.45) is 0. The molecule has 108 valence electrons. The fraction of sp³-hybridized carbons (Fsp3) is 0.250. The number of imidazole rings is 1. The van der Waals surface area contributed by atoms with E-state index in [-0.39, 0.29) is 27.5 Å². The minimum atomic E-state index is -3.41. The fourth-order valence-electron chi connectivity index (χ4n) is 1.73. The van der Waals surface area contributed by atoms with E-state index in [9.17, 15) is 8.42 Å². The topological polar surface area (TPSA) is 52.0 Å². The number of hydrogen-bond acceptors (Lipinski definition) is 3. The highest BCUT2D eigenvalue weighted by Crippen LogP contribution is 2.23. The lowest BCUT2D eigenvalue weighted by Gasteiger charge is -2.08. The SMILES string of the molecule is Cc1nc(Cl)c(Cl)n1CCS(=O)(=O)c1ccc(Cl)cc1. The largest absolute Gasteiger partial charge is 0.317 e. The van der Waals surface area contributed by atoms with Gasteiger partial charge in [-0.05, 0) is 31.2 Å². The van der Waals surface area contributed by atoms with Crippen LogP contribution in [-0.2, 0) is 16.4 Å². The molecular formula is C12H11Cl3N2O2S. The Morgan fingerprint density at radius 2 is 1.75 bits per heavy atom. The Kier molecular flexibility index (Phi) is 4.64. The van der Waals surface area contributed by atoms with Crippen molar-refractivity contribution in [2.45, 2.75) is 18.4 Å². The summed E-state index contributed by atoms with van der Waals surface area (Å²) in [6.45, 7) is 1.90. The first kappa shape index (κ1) is 15.6. The third kappa shape index (κ3) is 3.28. The zero-order chi connectivity index (χ0) is 14.9. The lowest BCUT2D eigenvalue weighted by atomic mass is 10.4. The van der Waals surface area contributed by atoms with E-state index in [1.807, 2.05) is 0 Å². The van der Waals surface area contributed by atoms with Crippen molar-refractivity contribution >= 4 is 44.6 Å². The van der Waals surface area contributed by atoms with Crippen LogP contribution in [0.2, 0.25) is 15.3 Å². The van der Waals surface area contributed by atoms with Gasteiger partial charge in [0, 0.05) is 11.6 Å². The number of benzene rings is 1. The number of aryl methyl sites for hydroxylation is 1. The zero-order valence-electron chi connectivity index (χ0n) is 10.5. The molecular weight excluding hydrogens is 343 g/mol. The van der Waals surface area contributed by atoms with Crippen LogP contribution in [0.4, 0.5) is 0 Å². The smallest absolute Gasteiger partial charge is 0.180 e. The van der Waals surface area contributed by atoms with Gasteiger partial charge in [-0.25, -0.2) is 13.4 Å². The van der Waals surface area contributed by atoms with Gasteiger partial charge in [0.25, 0.3) is 0 Å². The number of aromatic nitrogens is 2. The second-order valence-corrected chi connectivity index (χ2v) is 7.43. The van der Waals surface area contributed by atoms with Crippen LogP contribution in [-0.4, -0.2) is 23.7 Å². The molecule has 2 aromatic rings. The molecule has 2 rings (SSSR count). The molecule has 1 heterocycles. The Bertz CT molecular complexity index is 724. The minimum absolute atomic E-state index is 0.0954. The van der Waals surface area contributed by atoms with E-state index < -0.39 is 9.84 Å². The van der Waals surface area contributed by atoms with E-state index in [1.165, 1.54) is 12.1 Å². The van der Waals surface area contributed by atoms with Crippen molar-refractivity contribution in [3.05, 3.63) is 45.4 Å². The third-order valence-corrected chi connectivity index (χ3v) is 5.52. The summed E-state index contributed by atoms with van der Waals surface area (Å²) in [5.74, 6) is 0.480. The van der Waals surface area contributed by atoms with Gasteiger partial charge in [0.1, 0.15) is 11.0 Å². The van der Waals surface area contributed by atoms with Crippen LogP contribution in [0.15, 0.2) is 29.2 Å². The van der Waals surface area contributed by atoms with E-state index in [0.717, 1.165) is 0 Å². The highest BCUT2D eigenvalue weighted by atomic mass is 35.5. The van der Waals surface area contributed by atoms with Crippen molar-refractivity contribution in [1.82, 2.24) is 9.55 Å². The Morgan fingerprint density at radius 3 is 2.25 bits per heavy atom. The van der Waals surface area contributed by atoms with Crippen LogP contribution in [0, 0.1) is 6.92 Å². The molecule has 0 fully saturated rings. The minimum Gasteiger partial charge on any atom is -0.317 e. The van der Waals surface area contributed by atoms with Gasteiger partial charge < -0.3 is 4.57 Å². The van der Waals surface area contributed by atoms with Crippen LogP contribution in [0.1, 0.15) is 5.82 Å². The predicted octanol–water partition coefficient (Wildman–Crippen LogP) is 3.63. The number of rotatable bonds is 4. The molecule has 0 aliphatic heterocycles. The van der Waals surface area contributed by atoms with E-state index in [0.29, 0.717) is 10.8 Å². The quantitative estimate of drug-likeness (QED) is 0.843. The monoisotopic (exact) mass is 352 g/mol. The molecule has 0 unspecified atom stereocenters. The first-order valence-corrected chi connectivity index (χ1v) is 8.46. The van der Waals surface area contributed by atoms with E-state index in [2.05, 4.69) is 4.98 Å². The summed E-state index contributed by atoms with van der Waals surface area (Å²) in [5, 5.41) is 0.910. The normalized spacial score (nSPS) is 11.8. The van der Waals surface area contributed by atoms with Gasteiger partial charge in [0.05, 0.1) is 10.6 Å². The lowest BCUT2D eigenvalue weighted by Crippen LogP contribution is -2.14. The molecule has 0 amide bonds. The van der Waals surface area contributed by atoms with Crippen LogP contribution in [0.25, 0.3) is 0 Å². The maximum absolute atomic E-state index is 12.2. The van der Waals surface area contributed by atoms with Crippen molar-refractivity contribution in [3.8, 4) is 0 Å². The van der Waals surface area contributed by atoms with Crippen molar-refractivity contribution < 1.29 is 8.42 Å². The summed E-state index contributed by atoms with van der Waals surface area (Å²) >= 11 is 17.5. The number of halogens is 3. The Morgan fingerprint density at radius 1 is 1.15 bits per heavy atom. The van der Waals surface area contributed by atoms with Gasteiger partial charge in [-0.1, -0.05) is 34.8 Å². The van der Waals surface area contributed by atoms with Gasteiger partial charge in [-0.3, -0.25) is 0 Å². The molecule has 0 atom stereocenters. The Hall–Kier alpha value is -0.750. The molecule has 0 saturated carbocycles. The summed E-state index contributed by atoms with van der Waals surface area (Å²) < 4.78 is 26.0. The number of sulfone groups is 1. The second kappa shape index (κ2) is 5.93. The molecule has 0 radical (unpaired) electrons. The predicted molar refractivity (Wildman–Crippen MR) is 80.5 cm³/mol. The van der Waals surface area contributed by atoms with Crippen molar-refractivity contribution in [2.75, 3.05) is 5.75 Å². The van der Waals surface area contributed by atoms with Crippen molar-refractivity contribution in [3.63, 3.8) is 0 Å². The molecule has 4 nitrogen and oxygen atoms in total. The van der Waals surface area contributed by atoms with Crippen molar-refractivity contribution in [1.29, 1.82) is 0 Å². The van der Waals surface area contributed by atoms with Crippen LogP contribution >= 0.6 is 34.8 Å². The fourth-order valence-corrected chi connectivity index (χ4v) is 3.54. The van der Waals surface area contributed by atoms with E-state index in [1.54, 1.807) is 23.6 Å². The summed E-state index contributed by atoms with van der Waals surface area (Å²) in [6, 6.07) is 6.04. The van der Waals surface area contributed by atoms with Gasteiger partial charge in [-0.2, -0.15) is 0 Å². The molecule has 0 saturated heterocycles. The molecule has 1 aromatic carbocycles. The van der Waals surface area contributed by atoms with Crippen LogP contribution in [0.5, 0.6) is 0 Å². The van der Waals surface area contributed by atoms with Crippen LogP contribution in [0.3, 0.4) is 0 Å². The van der Waals surface area contributed by atoms with Crippen molar-refractivity contribution in [2.24, 2.45) is 0 Å². The number of nitrogens with zero attached hydrogens (tertiary/aromatic N) is 2. The molecule has 0 aliphatic rings. The summed E-state index contributed by atoms with van der Waals surface area (Å²) in [7, 11) is -3.41. The first-order valence-electron chi connectivity index (χ1n) is 5.68. The lowest BCUT2D eigenvalue weighted by molar-refractivity contribution is 0.587. The zero-order valence-corrected chi connectivity index (χ0v) is 13.6. The summed E-state index contributed by atoms with van der Waals surface area (Å²) in [4.78, 5) is 4.20. The Labute approximate surface area is 132 Å². The molecule has 0 spiro atoms. The number of hydrogen-bond donors (Lipinski definition) is 0. The maximum Gasteiger partial charge on any atom is 0.180 e. The average Bonchev–Trinajstić information content (AvgIpc) is 2.62. The first-order chi connectivity index (χ1) is 9.31. The summed E-state index contributed by atoms with van der Waals surface area (Å²) in [5.41, 5.74) is 0. The second-order valence-electron chi connectivity index (χ2n) is 4.17. The molecule has 8 heteroatoms. The third-order valence-electron chi connectivity index (χ3n) is 2.81. The maximum atomic E-state index is 12.2. The van der Waals surface area contributed by atoms with Crippen LogP contribution < -0.4 is 0 Å². The standard InChI is InChI=1S/C12H11Cl3N2O2S/c1-8-16-11(14)12(15)17(8)6-7-20(18,19)10-4-2-9(13)3-5-10/h2-5H,6-7H2,1H3. The van der Waals surface area contributed by atoms with Gasteiger partial charge in [-0.15, -0.1) is 0 Å². The van der Waals surface area contributed by atoms with E-state index >= 15 is 0 Å². The highest BCUT2D eigenvalue weighted by molar-refractivity contribution is 7.91. The molecule has 20 heavy (non-hydrogen) atoms. The molecule has 1 aromatic heterocycles. The highest BCUT2D eigenvalue weighted by Gasteiger charge is 2.17. The molecule has 0 aliphatic carbocycles. The van der Waals surface area contributed by atoms with Gasteiger partial charge in [0.15, 0.2) is 15.0 Å². The Balaban J connectivity index is 2.19. The van der Waals surface area contributed by atoms with Gasteiger partial charge in [0.2, 0.25) is 0 Å². The molecule has 0 bridgehead atoms. The van der Waals surface area contributed by atoms with E-state index in [4.69, 9.17) is 34.8 Å². The van der Waals surface area contributed by atoms with Gasteiger partial charge >= 0.3 is 0 Å².